The van der Waals surface area contributed by atoms with E-state index in [0.29, 0.717) is 17.5 Å². The van der Waals surface area contributed by atoms with Crippen molar-refractivity contribution in [2.45, 2.75) is 5.41 Å². The van der Waals surface area contributed by atoms with E-state index < -0.39 is 5.41 Å². The second-order valence-electron chi connectivity index (χ2n) is 12.0. The van der Waals surface area contributed by atoms with Crippen molar-refractivity contribution < 1.29 is 0 Å². The first kappa shape index (κ1) is 27.1. The van der Waals surface area contributed by atoms with E-state index in [4.69, 9.17) is 15.0 Å². The van der Waals surface area contributed by atoms with Crippen LogP contribution in [0.25, 0.3) is 56.1 Å². The van der Waals surface area contributed by atoms with E-state index in [-0.39, 0.29) is 0 Å². The van der Waals surface area contributed by atoms with Crippen molar-refractivity contribution in [2.75, 3.05) is 0 Å². The highest BCUT2D eigenvalue weighted by molar-refractivity contribution is 6.05. The van der Waals surface area contributed by atoms with Crippen molar-refractivity contribution in [3.05, 3.63) is 198 Å². The van der Waals surface area contributed by atoms with Crippen LogP contribution < -0.4 is 0 Å². The molecule has 0 N–H and O–H groups in total. The summed E-state index contributed by atoms with van der Waals surface area (Å²) in [4.78, 5) is 14.9. The molecular weight excluding hydrogens is 571 g/mol. The average molecular weight is 600 g/mol. The lowest BCUT2D eigenvalue weighted by Crippen LogP contribution is -2.28. The summed E-state index contributed by atoms with van der Waals surface area (Å²) in [5.74, 6) is 1.98. The molecule has 3 heteroatoms. The molecule has 0 fully saturated rings. The molecule has 1 aliphatic rings. The minimum Gasteiger partial charge on any atom is -0.208 e. The van der Waals surface area contributed by atoms with Gasteiger partial charge in [-0.2, -0.15) is 0 Å². The number of benzene rings is 7. The van der Waals surface area contributed by atoms with E-state index in [1.165, 1.54) is 38.8 Å². The largest absolute Gasteiger partial charge is 0.208 e. The molecular formula is C44H29N3. The van der Waals surface area contributed by atoms with Crippen molar-refractivity contribution in [1.82, 2.24) is 15.0 Å². The van der Waals surface area contributed by atoms with Crippen molar-refractivity contribution in [2.24, 2.45) is 0 Å². The molecule has 47 heavy (non-hydrogen) atoms. The van der Waals surface area contributed by atoms with Crippen LogP contribution in [0.1, 0.15) is 22.3 Å². The lowest BCUT2D eigenvalue weighted by atomic mass is 9.67. The topological polar surface area (TPSA) is 38.7 Å². The van der Waals surface area contributed by atoms with Gasteiger partial charge < -0.3 is 0 Å². The van der Waals surface area contributed by atoms with Crippen molar-refractivity contribution in [1.29, 1.82) is 0 Å². The highest BCUT2D eigenvalue weighted by atomic mass is 15.0. The van der Waals surface area contributed by atoms with Crippen LogP contribution in [-0.2, 0) is 5.41 Å². The molecule has 0 radical (unpaired) electrons. The molecule has 1 aromatic heterocycles. The predicted octanol–water partition coefficient (Wildman–Crippen LogP) is 10.4. The fourth-order valence-electron chi connectivity index (χ4n) is 7.35. The number of aromatic nitrogens is 3. The van der Waals surface area contributed by atoms with E-state index in [2.05, 4.69) is 115 Å². The summed E-state index contributed by atoms with van der Waals surface area (Å²) in [7, 11) is 0. The van der Waals surface area contributed by atoms with Crippen molar-refractivity contribution in [3.8, 4) is 45.3 Å². The first-order chi connectivity index (χ1) is 23.3. The standard InChI is InChI=1S/C44H29N3/c1-5-15-30(16-6-1)41-45-42(31-17-7-2-8-18-31)47-43(46-41)33-25-27-36-32(29-33)26-28-39-40(36)37-23-13-14-24-38(37)44(39,34-19-9-3-10-20-34)35-21-11-4-12-22-35/h1-29H. The molecule has 9 rings (SSSR count). The van der Waals surface area contributed by atoms with Crippen LogP contribution in [0.15, 0.2) is 176 Å². The monoisotopic (exact) mass is 599 g/mol. The van der Waals surface area contributed by atoms with Crippen LogP contribution in [-0.4, -0.2) is 15.0 Å². The first-order valence-electron chi connectivity index (χ1n) is 16.0. The van der Waals surface area contributed by atoms with Crippen LogP contribution in [0.5, 0.6) is 0 Å². The van der Waals surface area contributed by atoms with E-state index in [0.717, 1.165) is 22.1 Å². The highest BCUT2D eigenvalue weighted by Gasteiger charge is 2.46. The van der Waals surface area contributed by atoms with E-state index in [9.17, 15) is 0 Å². The SMILES string of the molecule is c1ccc(-c2nc(-c3ccccc3)nc(-c3ccc4c5c(ccc4c3)C(c3ccccc3)(c3ccccc3)c3ccccc3-5)n2)cc1. The van der Waals surface area contributed by atoms with Gasteiger partial charge in [0.1, 0.15) is 0 Å². The third kappa shape index (κ3) is 4.32. The maximum Gasteiger partial charge on any atom is 0.164 e. The highest BCUT2D eigenvalue weighted by Crippen LogP contribution is 2.57. The number of rotatable bonds is 5. The van der Waals surface area contributed by atoms with Gasteiger partial charge in [-0.1, -0.05) is 170 Å². The van der Waals surface area contributed by atoms with Crippen molar-refractivity contribution in [3.63, 3.8) is 0 Å². The fourth-order valence-corrected chi connectivity index (χ4v) is 7.35. The zero-order valence-electron chi connectivity index (χ0n) is 25.6. The van der Waals surface area contributed by atoms with Gasteiger partial charge in [-0.25, -0.2) is 15.0 Å². The van der Waals surface area contributed by atoms with Crippen LogP contribution in [0.4, 0.5) is 0 Å². The van der Waals surface area contributed by atoms with Gasteiger partial charge in [-0.05, 0) is 50.2 Å². The fraction of sp³-hybridized carbons (Fsp3) is 0.0227. The molecule has 0 spiro atoms. The quantitative estimate of drug-likeness (QED) is 0.198. The normalized spacial score (nSPS) is 12.9. The van der Waals surface area contributed by atoms with Gasteiger partial charge >= 0.3 is 0 Å². The molecule has 0 bridgehead atoms. The molecule has 8 aromatic rings. The zero-order valence-corrected chi connectivity index (χ0v) is 25.6. The second kappa shape index (κ2) is 11.0. The van der Waals surface area contributed by atoms with Gasteiger partial charge in [-0.3, -0.25) is 0 Å². The van der Waals surface area contributed by atoms with E-state index in [1.54, 1.807) is 0 Å². The molecule has 220 valence electrons. The molecule has 0 unspecified atom stereocenters. The van der Waals surface area contributed by atoms with Gasteiger partial charge in [0, 0.05) is 16.7 Å². The Morgan fingerprint density at radius 2 is 0.851 bits per heavy atom. The Balaban J connectivity index is 1.27. The number of hydrogen-bond donors (Lipinski definition) is 0. The maximum absolute atomic E-state index is 4.99. The molecule has 1 heterocycles. The lowest BCUT2D eigenvalue weighted by molar-refractivity contribution is 0.769. The van der Waals surface area contributed by atoms with E-state index >= 15 is 0 Å². The third-order valence-electron chi connectivity index (χ3n) is 9.40. The van der Waals surface area contributed by atoms with E-state index in [1.807, 2.05) is 60.7 Å². The Kier molecular flexibility index (Phi) is 6.36. The van der Waals surface area contributed by atoms with Gasteiger partial charge in [0.25, 0.3) is 0 Å². The van der Waals surface area contributed by atoms with Crippen LogP contribution >= 0.6 is 0 Å². The minimum absolute atomic E-state index is 0.426. The Morgan fingerprint density at radius 3 is 1.43 bits per heavy atom. The first-order valence-corrected chi connectivity index (χ1v) is 16.0. The molecule has 0 atom stereocenters. The van der Waals surface area contributed by atoms with Crippen molar-refractivity contribution >= 4 is 10.8 Å². The van der Waals surface area contributed by atoms with Gasteiger partial charge in [-0.15, -0.1) is 0 Å². The summed E-state index contributed by atoms with van der Waals surface area (Å²) in [5.41, 5.74) is 10.1. The Morgan fingerprint density at radius 1 is 0.362 bits per heavy atom. The van der Waals surface area contributed by atoms with Crippen LogP contribution in [0.3, 0.4) is 0 Å². The molecule has 0 saturated heterocycles. The minimum atomic E-state index is -0.426. The molecule has 1 aliphatic carbocycles. The van der Waals surface area contributed by atoms with Gasteiger partial charge in [0.05, 0.1) is 5.41 Å². The Labute approximate surface area is 273 Å². The number of fused-ring (bicyclic) bond motifs is 5. The number of nitrogens with zero attached hydrogens (tertiary/aromatic N) is 3. The van der Waals surface area contributed by atoms with Gasteiger partial charge in [0.2, 0.25) is 0 Å². The summed E-state index contributed by atoms with van der Waals surface area (Å²) in [6.07, 6.45) is 0. The second-order valence-corrected chi connectivity index (χ2v) is 12.0. The molecule has 7 aromatic carbocycles. The van der Waals surface area contributed by atoms with Gasteiger partial charge in [0.15, 0.2) is 17.5 Å². The smallest absolute Gasteiger partial charge is 0.164 e. The Bertz CT molecular complexity index is 2290. The summed E-state index contributed by atoms with van der Waals surface area (Å²) >= 11 is 0. The molecule has 0 amide bonds. The summed E-state index contributed by atoms with van der Waals surface area (Å²) in [5, 5.41) is 2.36. The molecule has 3 nitrogen and oxygen atoms in total. The average Bonchev–Trinajstić information content (AvgIpc) is 3.47. The zero-order chi connectivity index (χ0) is 31.2. The van der Waals surface area contributed by atoms with Crippen LogP contribution in [0, 0.1) is 0 Å². The summed E-state index contributed by atoms with van der Waals surface area (Å²) < 4.78 is 0. The Hall–Kier alpha value is -6.19. The number of hydrogen-bond acceptors (Lipinski definition) is 3. The summed E-state index contributed by atoms with van der Waals surface area (Å²) in [6.45, 7) is 0. The maximum atomic E-state index is 4.99. The molecule has 0 saturated carbocycles. The van der Waals surface area contributed by atoms with Crippen LogP contribution in [0.2, 0.25) is 0 Å². The summed E-state index contributed by atoms with van der Waals surface area (Å²) in [6, 6.07) is 62.2. The lowest BCUT2D eigenvalue weighted by Gasteiger charge is -2.33. The predicted molar refractivity (Wildman–Crippen MR) is 191 cm³/mol. The third-order valence-corrected chi connectivity index (χ3v) is 9.40. The molecule has 0 aliphatic heterocycles.